The highest BCUT2D eigenvalue weighted by Gasteiger charge is 2.22. The van der Waals surface area contributed by atoms with E-state index in [0.29, 0.717) is 11.4 Å². The molecule has 0 saturated carbocycles. The molecule has 0 radical (unpaired) electrons. The van der Waals surface area contributed by atoms with Gasteiger partial charge in [-0.2, -0.15) is 0 Å². The van der Waals surface area contributed by atoms with Crippen molar-refractivity contribution in [1.82, 2.24) is 4.90 Å². The third kappa shape index (κ3) is 6.41. The third-order valence-electron chi connectivity index (χ3n) is 6.06. The largest absolute Gasteiger partial charge is 0.495 e. The van der Waals surface area contributed by atoms with E-state index in [1.54, 1.807) is 18.2 Å². The summed E-state index contributed by atoms with van der Waals surface area (Å²) in [6, 6.07) is 19.2. The van der Waals surface area contributed by atoms with Crippen molar-refractivity contribution in [2.45, 2.75) is 37.6 Å². The molecule has 0 aliphatic carbocycles. The highest BCUT2D eigenvalue weighted by molar-refractivity contribution is 7.92. The average molecular weight is 494 g/mol. The minimum absolute atomic E-state index is 0.105. The van der Waals surface area contributed by atoms with Crippen LogP contribution in [0.1, 0.15) is 40.7 Å². The molecule has 0 aromatic heterocycles. The van der Waals surface area contributed by atoms with Crippen LogP contribution in [0.25, 0.3) is 0 Å². The SMILES string of the molecule is COc1ccc(C(=O)Nc2cccc(CN3CCCCC3)c2)cc1S(=O)(=O)Nc1ccc(C)cc1. The van der Waals surface area contributed by atoms with Gasteiger partial charge in [-0.25, -0.2) is 8.42 Å². The van der Waals surface area contributed by atoms with Crippen molar-refractivity contribution in [3.63, 3.8) is 0 Å². The molecule has 0 unspecified atom stereocenters. The van der Waals surface area contributed by atoms with Crippen LogP contribution in [0.4, 0.5) is 11.4 Å². The molecule has 184 valence electrons. The van der Waals surface area contributed by atoms with Gasteiger partial charge in [-0.3, -0.25) is 14.4 Å². The molecule has 3 aromatic rings. The van der Waals surface area contributed by atoms with Crippen LogP contribution in [0.5, 0.6) is 5.75 Å². The highest BCUT2D eigenvalue weighted by atomic mass is 32.2. The first-order chi connectivity index (χ1) is 16.8. The maximum atomic E-state index is 13.1. The lowest BCUT2D eigenvalue weighted by Gasteiger charge is -2.26. The monoisotopic (exact) mass is 493 g/mol. The van der Waals surface area contributed by atoms with Crippen LogP contribution in [0.2, 0.25) is 0 Å². The summed E-state index contributed by atoms with van der Waals surface area (Å²) < 4.78 is 34.0. The van der Waals surface area contributed by atoms with E-state index in [0.717, 1.165) is 30.8 Å². The number of piperidine rings is 1. The summed E-state index contributed by atoms with van der Waals surface area (Å²) in [4.78, 5) is 15.3. The Kier molecular flexibility index (Phi) is 7.73. The second-order valence-corrected chi connectivity index (χ2v) is 10.5. The average Bonchev–Trinajstić information content (AvgIpc) is 2.86. The fraction of sp³-hybridized carbons (Fsp3) is 0.296. The molecule has 2 N–H and O–H groups in total. The summed E-state index contributed by atoms with van der Waals surface area (Å²) in [6.45, 7) is 4.96. The summed E-state index contributed by atoms with van der Waals surface area (Å²) in [6.07, 6.45) is 3.72. The number of aryl methyl sites for hydroxylation is 1. The standard InChI is InChI=1S/C27H31N3O4S/c1-20-9-12-23(13-10-20)29-35(32,33)26-18-22(11-14-25(26)34-2)27(31)28-24-8-6-7-21(17-24)19-30-15-4-3-5-16-30/h6-14,17-18,29H,3-5,15-16,19H2,1-2H3,(H,28,31). The number of methoxy groups -OCH3 is 1. The Labute approximate surface area is 207 Å². The minimum Gasteiger partial charge on any atom is -0.495 e. The number of amides is 1. The summed E-state index contributed by atoms with van der Waals surface area (Å²) in [5, 5.41) is 2.89. The fourth-order valence-electron chi connectivity index (χ4n) is 4.19. The first kappa shape index (κ1) is 24.8. The number of sulfonamides is 1. The van der Waals surface area contributed by atoms with Crippen molar-refractivity contribution in [1.29, 1.82) is 0 Å². The van der Waals surface area contributed by atoms with Gasteiger partial charge in [0.15, 0.2) is 0 Å². The van der Waals surface area contributed by atoms with Crippen molar-refractivity contribution < 1.29 is 17.9 Å². The van der Waals surface area contributed by atoms with Crippen LogP contribution >= 0.6 is 0 Å². The van der Waals surface area contributed by atoms with Crippen LogP contribution < -0.4 is 14.8 Å². The van der Waals surface area contributed by atoms with Gasteiger partial charge in [0.05, 0.1) is 7.11 Å². The van der Waals surface area contributed by atoms with E-state index in [9.17, 15) is 13.2 Å². The molecule has 0 spiro atoms. The van der Waals surface area contributed by atoms with Gasteiger partial charge in [0.2, 0.25) is 0 Å². The zero-order valence-corrected chi connectivity index (χ0v) is 20.9. The molecule has 1 amide bonds. The number of likely N-dealkylation sites (tertiary alicyclic amines) is 1. The van der Waals surface area contributed by atoms with Gasteiger partial charge >= 0.3 is 0 Å². The lowest BCUT2D eigenvalue weighted by Crippen LogP contribution is -2.29. The van der Waals surface area contributed by atoms with Gasteiger partial charge in [-0.1, -0.05) is 36.2 Å². The second kappa shape index (κ2) is 10.9. The Morgan fingerprint density at radius 3 is 2.40 bits per heavy atom. The first-order valence-electron chi connectivity index (χ1n) is 11.7. The van der Waals surface area contributed by atoms with E-state index in [1.165, 1.54) is 38.5 Å². The molecule has 3 aromatic carbocycles. The molecule has 1 aliphatic heterocycles. The van der Waals surface area contributed by atoms with Crippen molar-refractivity contribution >= 4 is 27.3 Å². The number of anilines is 2. The molecule has 0 atom stereocenters. The zero-order valence-electron chi connectivity index (χ0n) is 20.1. The molecule has 35 heavy (non-hydrogen) atoms. The number of hydrogen-bond donors (Lipinski definition) is 2. The Balaban J connectivity index is 1.52. The Bertz CT molecular complexity index is 1280. The highest BCUT2D eigenvalue weighted by Crippen LogP contribution is 2.28. The van der Waals surface area contributed by atoms with Crippen LogP contribution in [0.3, 0.4) is 0 Å². The van der Waals surface area contributed by atoms with Crippen molar-refractivity contribution in [3.8, 4) is 5.75 Å². The Hall–Kier alpha value is -3.36. The van der Waals surface area contributed by atoms with Crippen LogP contribution in [0.15, 0.2) is 71.6 Å². The topological polar surface area (TPSA) is 87.7 Å². The minimum atomic E-state index is -3.98. The van der Waals surface area contributed by atoms with Crippen LogP contribution in [0, 0.1) is 6.92 Å². The van der Waals surface area contributed by atoms with Crippen molar-refractivity contribution in [2.75, 3.05) is 30.2 Å². The van der Waals surface area contributed by atoms with E-state index in [2.05, 4.69) is 21.0 Å². The molecule has 1 fully saturated rings. The molecule has 0 bridgehead atoms. The van der Waals surface area contributed by atoms with Gasteiger partial charge in [-0.15, -0.1) is 0 Å². The number of nitrogens with one attached hydrogen (secondary N) is 2. The molecule has 1 saturated heterocycles. The van der Waals surface area contributed by atoms with E-state index in [4.69, 9.17) is 4.74 Å². The van der Waals surface area contributed by atoms with E-state index < -0.39 is 15.9 Å². The number of carbonyl (C=O) groups excluding carboxylic acids is 1. The number of nitrogens with zero attached hydrogens (tertiary/aromatic N) is 1. The maximum absolute atomic E-state index is 13.1. The zero-order chi connectivity index (χ0) is 24.8. The summed E-state index contributed by atoms with van der Waals surface area (Å²) in [5.41, 5.74) is 3.46. The lowest BCUT2D eigenvalue weighted by molar-refractivity contribution is 0.102. The fourth-order valence-corrected chi connectivity index (χ4v) is 5.44. The lowest BCUT2D eigenvalue weighted by atomic mass is 10.1. The van der Waals surface area contributed by atoms with Gasteiger partial charge in [-0.05, 0) is 80.9 Å². The maximum Gasteiger partial charge on any atom is 0.265 e. The summed E-state index contributed by atoms with van der Waals surface area (Å²) in [5.74, 6) is -0.237. The Morgan fingerprint density at radius 2 is 1.69 bits per heavy atom. The predicted molar refractivity (Wildman–Crippen MR) is 139 cm³/mol. The van der Waals surface area contributed by atoms with Gasteiger partial charge in [0, 0.05) is 23.5 Å². The smallest absolute Gasteiger partial charge is 0.265 e. The first-order valence-corrected chi connectivity index (χ1v) is 13.2. The molecule has 4 rings (SSSR count). The van der Waals surface area contributed by atoms with Gasteiger partial charge in [0.1, 0.15) is 10.6 Å². The van der Waals surface area contributed by atoms with Crippen molar-refractivity contribution in [3.05, 3.63) is 83.4 Å². The molecular weight excluding hydrogens is 462 g/mol. The molecule has 1 heterocycles. The van der Waals surface area contributed by atoms with E-state index in [1.807, 2.05) is 37.3 Å². The quantitative estimate of drug-likeness (QED) is 0.459. The number of carbonyl (C=O) groups is 1. The van der Waals surface area contributed by atoms with E-state index >= 15 is 0 Å². The third-order valence-corrected chi connectivity index (χ3v) is 7.46. The van der Waals surface area contributed by atoms with Crippen LogP contribution in [-0.4, -0.2) is 39.4 Å². The predicted octanol–water partition coefficient (Wildman–Crippen LogP) is 5.04. The van der Waals surface area contributed by atoms with Gasteiger partial charge < -0.3 is 10.1 Å². The Morgan fingerprint density at radius 1 is 0.943 bits per heavy atom. The number of hydrogen-bond acceptors (Lipinski definition) is 5. The summed E-state index contributed by atoms with van der Waals surface area (Å²) >= 11 is 0. The van der Waals surface area contributed by atoms with Crippen molar-refractivity contribution in [2.24, 2.45) is 0 Å². The molecule has 7 nitrogen and oxygen atoms in total. The second-order valence-electron chi connectivity index (χ2n) is 8.83. The van der Waals surface area contributed by atoms with Crippen LogP contribution in [-0.2, 0) is 16.6 Å². The normalized spacial score (nSPS) is 14.3. The molecule has 8 heteroatoms. The molecular formula is C27H31N3O4S. The molecule has 1 aliphatic rings. The number of ether oxygens (including phenoxy) is 1. The number of rotatable bonds is 8. The van der Waals surface area contributed by atoms with E-state index in [-0.39, 0.29) is 16.2 Å². The number of benzene rings is 3. The summed E-state index contributed by atoms with van der Waals surface area (Å²) in [7, 11) is -2.58. The van der Waals surface area contributed by atoms with Gasteiger partial charge in [0.25, 0.3) is 15.9 Å².